The van der Waals surface area contributed by atoms with Crippen LogP contribution in [-0.4, -0.2) is 38.7 Å². The summed E-state index contributed by atoms with van der Waals surface area (Å²) < 4.78 is 62.3. The topological polar surface area (TPSA) is 74.6 Å². The largest absolute Gasteiger partial charge is 0.480 e. The van der Waals surface area contributed by atoms with E-state index in [0.717, 1.165) is 0 Å². The molecule has 22 heavy (non-hydrogen) atoms. The second kappa shape index (κ2) is 8.25. The Bertz CT molecular complexity index is 383. The molecule has 10 heteroatoms. The maximum Gasteiger partial charge on any atom is 0.453 e. The smallest absolute Gasteiger partial charge is 0.453 e. The van der Waals surface area contributed by atoms with Crippen LogP contribution in [0.3, 0.4) is 0 Å². The minimum Gasteiger partial charge on any atom is -0.480 e. The van der Waals surface area contributed by atoms with E-state index in [1.54, 1.807) is 0 Å². The molecular weight excluding hydrogens is 430 g/mol. The minimum atomic E-state index is -5.73. The number of hydrogen-bond acceptors (Lipinski definition) is 2. The summed E-state index contributed by atoms with van der Waals surface area (Å²) in [4.78, 5) is 22.4. The molecule has 0 radical (unpaired) electrons. The van der Waals surface area contributed by atoms with Crippen LogP contribution in [0, 0.1) is 5.41 Å². The van der Waals surface area contributed by atoms with E-state index in [2.05, 4.69) is 0 Å². The number of alkyl halides is 6. The lowest BCUT2D eigenvalue weighted by Gasteiger charge is -2.26. The van der Waals surface area contributed by atoms with Gasteiger partial charge in [-0.1, -0.05) is 29.0 Å². The fourth-order valence-electron chi connectivity index (χ4n) is 1.92. The van der Waals surface area contributed by atoms with E-state index < -0.39 is 48.7 Å². The molecule has 0 fully saturated rings. The maximum atomic E-state index is 12.8. The fraction of sp³-hybridized carbons (Fsp3) is 0.833. The lowest BCUT2D eigenvalue weighted by Crippen LogP contribution is -2.41. The monoisotopic (exact) mass is 446 g/mol. The van der Waals surface area contributed by atoms with Crippen LogP contribution < -0.4 is 0 Å². The highest BCUT2D eigenvalue weighted by atomic mass is 127. The zero-order valence-corrected chi connectivity index (χ0v) is 13.6. The normalized spacial score (nSPS) is 13.2. The third kappa shape index (κ3) is 5.51. The molecule has 4 nitrogen and oxygen atoms in total. The van der Waals surface area contributed by atoms with Crippen molar-refractivity contribution in [2.24, 2.45) is 5.41 Å². The molecule has 0 heterocycles. The van der Waals surface area contributed by atoms with Gasteiger partial charge in [-0.15, -0.1) is 0 Å². The molecule has 0 bridgehead atoms. The number of halogens is 6. The van der Waals surface area contributed by atoms with Gasteiger partial charge in [0.25, 0.3) is 0 Å². The van der Waals surface area contributed by atoms with Gasteiger partial charge in [0.1, 0.15) is 0 Å². The number of carboxylic acid groups (broad SMARTS) is 2. The SMILES string of the molecule is O=C(O)C(CCCCI)(CCCC(F)(F)C(F)(F)F)C(=O)O. The average molecular weight is 446 g/mol. The quantitative estimate of drug-likeness (QED) is 0.174. The van der Waals surface area contributed by atoms with Gasteiger partial charge < -0.3 is 10.2 Å². The van der Waals surface area contributed by atoms with Crippen LogP contribution in [0.4, 0.5) is 22.0 Å². The third-order valence-corrected chi connectivity index (χ3v) is 4.08. The van der Waals surface area contributed by atoms with Crippen LogP contribution >= 0.6 is 22.6 Å². The van der Waals surface area contributed by atoms with Crippen molar-refractivity contribution in [3.63, 3.8) is 0 Å². The van der Waals surface area contributed by atoms with Gasteiger partial charge in [0.05, 0.1) is 0 Å². The number of aliphatic carboxylic acids is 2. The van der Waals surface area contributed by atoms with Crippen LogP contribution in [0.5, 0.6) is 0 Å². The van der Waals surface area contributed by atoms with Crippen molar-refractivity contribution in [2.75, 3.05) is 4.43 Å². The summed E-state index contributed by atoms with van der Waals surface area (Å²) in [5.74, 6) is -8.40. The Balaban J connectivity index is 4.93. The molecule has 0 aromatic rings. The first-order valence-corrected chi connectivity index (χ1v) is 7.90. The highest BCUT2D eigenvalue weighted by Gasteiger charge is 2.57. The Hall–Kier alpha value is -0.680. The summed E-state index contributed by atoms with van der Waals surface area (Å²) in [6, 6.07) is 0. The first-order chi connectivity index (χ1) is 9.90. The van der Waals surface area contributed by atoms with E-state index in [1.807, 2.05) is 22.6 Å². The first-order valence-electron chi connectivity index (χ1n) is 6.38. The van der Waals surface area contributed by atoms with Gasteiger partial charge in [-0.3, -0.25) is 9.59 Å². The van der Waals surface area contributed by atoms with Gasteiger partial charge in [0, 0.05) is 6.42 Å². The second-order valence-corrected chi connectivity index (χ2v) is 5.97. The lowest BCUT2D eigenvalue weighted by molar-refractivity contribution is -0.284. The van der Waals surface area contributed by atoms with Gasteiger partial charge in [-0.2, -0.15) is 22.0 Å². The molecular formula is C12H16F5IO4. The molecule has 0 atom stereocenters. The highest BCUT2D eigenvalue weighted by molar-refractivity contribution is 14.1. The number of unbranched alkanes of at least 4 members (excludes halogenated alkanes) is 1. The maximum absolute atomic E-state index is 12.8. The van der Waals surface area contributed by atoms with E-state index in [9.17, 15) is 31.5 Å². The van der Waals surface area contributed by atoms with Crippen molar-refractivity contribution in [3.8, 4) is 0 Å². The van der Waals surface area contributed by atoms with Crippen molar-refractivity contribution in [2.45, 2.75) is 50.6 Å². The Morgan fingerprint density at radius 1 is 0.818 bits per heavy atom. The predicted octanol–water partition coefficient (Wildman–Crippen LogP) is 4.12. The van der Waals surface area contributed by atoms with E-state index in [-0.39, 0.29) is 12.8 Å². The van der Waals surface area contributed by atoms with Crippen molar-refractivity contribution >= 4 is 34.5 Å². The van der Waals surface area contributed by atoms with Gasteiger partial charge in [-0.05, 0) is 30.1 Å². The molecule has 0 aliphatic heterocycles. The summed E-state index contributed by atoms with van der Waals surface area (Å²) in [7, 11) is 0. The molecule has 0 unspecified atom stereocenters. The van der Waals surface area contributed by atoms with Crippen LogP contribution in [-0.2, 0) is 9.59 Å². The first kappa shape index (κ1) is 21.3. The Labute approximate surface area is 137 Å². The molecule has 0 spiro atoms. The summed E-state index contributed by atoms with van der Waals surface area (Å²) >= 11 is 2.00. The highest BCUT2D eigenvalue weighted by Crippen LogP contribution is 2.41. The second-order valence-electron chi connectivity index (χ2n) is 4.89. The molecule has 0 amide bonds. The number of hydrogen-bond donors (Lipinski definition) is 2. The Kier molecular flexibility index (Phi) is 8.00. The lowest BCUT2D eigenvalue weighted by atomic mass is 9.78. The Morgan fingerprint density at radius 2 is 1.27 bits per heavy atom. The fourth-order valence-corrected chi connectivity index (χ4v) is 2.46. The van der Waals surface area contributed by atoms with E-state index in [0.29, 0.717) is 10.8 Å². The molecule has 0 saturated carbocycles. The Morgan fingerprint density at radius 3 is 1.64 bits per heavy atom. The van der Waals surface area contributed by atoms with E-state index >= 15 is 0 Å². The molecule has 130 valence electrons. The van der Waals surface area contributed by atoms with Gasteiger partial charge in [0.2, 0.25) is 0 Å². The van der Waals surface area contributed by atoms with Crippen LogP contribution in [0.15, 0.2) is 0 Å². The zero-order chi connectivity index (χ0) is 17.6. The number of carbonyl (C=O) groups is 2. The molecule has 0 aromatic heterocycles. The molecule has 0 aliphatic carbocycles. The van der Waals surface area contributed by atoms with Gasteiger partial charge >= 0.3 is 24.0 Å². The zero-order valence-electron chi connectivity index (χ0n) is 11.4. The van der Waals surface area contributed by atoms with Crippen molar-refractivity contribution in [1.29, 1.82) is 0 Å². The molecule has 0 aliphatic rings. The van der Waals surface area contributed by atoms with Crippen molar-refractivity contribution in [3.05, 3.63) is 0 Å². The average Bonchev–Trinajstić information content (AvgIpc) is 2.34. The summed E-state index contributed by atoms with van der Waals surface area (Å²) in [6.07, 6.45) is -8.54. The third-order valence-electron chi connectivity index (χ3n) is 3.31. The minimum absolute atomic E-state index is 0.233. The van der Waals surface area contributed by atoms with Gasteiger partial charge in [-0.25, -0.2) is 0 Å². The number of carboxylic acids is 2. The van der Waals surface area contributed by atoms with Crippen LogP contribution in [0.25, 0.3) is 0 Å². The van der Waals surface area contributed by atoms with Crippen molar-refractivity contribution < 1.29 is 41.8 Å². The van der Waals surface area contributed by atoms with E-state index in [4.69, 9.17) is 10.2 Å². The standard InChI is InChI=1S/C12H16F5IO4/c13-11(14,12(15,16)17)6-3-5-10(8(19)20,9(21)22)4-1-2-7-18/h1-7H2,(H,19,20)(H,21,22). The van der Waals surface area contributed by atoms with Crippen LogP contribution in [0.2, 0.25) is 0 Å². The molecule has 0 aromatic carbocycles. The molecule has 0 rings (SSSR count). The summed E-state index contributed by atoms with van der Waals surface area (Å²) in [5, 5.41) is 18.2. The van der Waals surface area contributed by atoms with Gasteiger partial charge in [0.15, 0.2) is 5.41 Å². The summed E-state index contributed by atoms with van der Waals surface area (Å²) in [5.41, 5.74) is -2.33. The summed E-state index contributed by atoms with van der Waals surface area (Å²) in [6.45, 7) is 0. The van der Waals surface area contributed by atoms with Crippen molar-refractivity contribution in [1.82, 2.24) is 0 Å². The molecule has 2 N–H and O–H groups in total. The predicted molar refractivity (Wildman–Crippen MR) is 75.3 cm³/mol. The molecule has 0 saturated heterocycles. The van der Waals surface area contributed by atoms with Crippen LogP contribution in [0.1, 0.15) is 38.5 Å². The van der Waals surface area contributed by atoms with E-state index in [1.165, 1.54) is 0 Å². The number of rotatable bonds is 10.